The van der Waals surface area contributed by atoms with Crippen LogP contribution < -0.4 is 0 Å². The topological polar surface area (TPSA) is 40.5 Å². The van der Waals surface area contributed by atoms with E-state index in [1.165, 1.54) is 19.3 Å². The van der Waals surface area contributed by atoms with E-state index in [4.69, 9.17) is 5.11 Å². The molecular weight excluding hydrogens is 166 g/mol. The maximum atomic E-state index is 10.5. The van der Waals surface area contributed by atoms with Crippen LogP contribution in [-0.2, 0) is 4.79 Å². The van der Waals surface area contributed by atoms with Crippen molar-refractivity contribution < 1.29 is 9.90 Å². The second-order valence-electron chi connectivity index (χ2n) is 4.19. The molecule has 1 aliphatic rings. The Morgan fingerprint density at radius 1 is 1.54 bits per heavy atom. The number of carbonyl (C=O) groups is 1. The number of carboxylic acids is 1. The smallest absolute Gasteiger partial charge is 0.317 e. The number of hydrogen-bond acceptors (Lipinski definition) is 2. The molecule has 0 bridgehead atoms. The summed E-state index contributed by atoms with van der Waals surface area (Å²) in [6.07, 6.45) is 3.86. The minimum Gasteiger partial charge on any atom is -0.480 e. The first-order chi connectivity index (χ1) is 6.09. The third kappa shape index (κ3) is 4.27. The molecule has 0 aliphatic heterocycles. The Labute approximate surface area is 79.7 Å². The lowest BCUT2D eigenvalue weighted by Crippen LogP contribution is -2.36. The van der Waals surface area contributed by atoms with Gasteiger partial charge in [0.15, 0.2) is 0 Å². The van der Waals surface area contributed by atoms with Gasteiger partial charge in [-0.15, -0.1) is 0 Å². The average molecular weight is 185 g/mol. The molecule has 1 N–H and O–H groups in total. The molecule has 0 amide bonds. The summed E-state index contributed by atoms with van der Waals surface area (Å²) >= 11 is 0. The SMILES string of the molecule is CC(C)N(CCC1CC1)CC(=O)O. The third-order valence-corrected chi connectivity index (χ3v) is 2.59. The Morgan fingerprint density at radius 2 is 2.15 bits per heavy atom. The lowest BCUT2D eigenvalue weighted by Gasteiger charge is -2.24. The van der Waals surface area contributed by atoms with E-state index in [-0.39, 0.29) is 6.54 Å². The average Bonchev–Trinajstić information content (AvgIpc) is 2.79. The highest BCUT2D eigenvalue weighted by Gasteiger charge is 2.23. The molecule has 0 spiro atoms. The van der Waals surface area contributed by atoms with E-state index in [9.17, 15) is 4.79 Å². The monoisotopic (exact) mass is 185 g/mol. The zero-order valence-corrected chi connectivity index (χ0v) is 8.49. The first-order valence-electron chi connectivity index (χ1n) is 5.05. The zero-order chi connectivity index (χ0) is 9.84. The summed E-state index contributed by atoms with van der Waals surface area (Å²) in [4.78, 5) is 12.6. The fourth-order valence-corrected chi connectivity index (χ4v) is 1.45. The minimum absolute atomic E-state index is 0.185. The summed E-state index contributed by atoms with van der Waals surface area (Å²) in [5.41, 5.74) is 0. The summed E-state index contributed by atoms with van der Waals surface area (Å²) in [7, 11) is 0. The quantitative estimate of drug-likeness (QED) is 0.683. The highest BCUT2D eigenvalue weighted by atomic mass is 16.4. The van der Waals surface area contributed by atoms with Crippen molar-refractivity contribution in [1.29, 1.82) is 0 Å². The zero-order valence-electron chi connectivity index (χ0n) is 8.49. The number of nitrogens with zero attached hydrogens (tertiary/aromatic N) is 1. The fourth-order valence-electron chi connectivity index (χ4n) is 1.45. The van der Waals surface area contributed by atoms with E-state index >= 15 is 0 Å². The number of aliphatic carboxylic acids is 1. The highest BCUT2D eigenvalue weighted by molar-refractivity contribution is 5.69. The molecule has 0 saturated heterocycles. The Balaban J connectivity index is 2.23. The standard InChI is InChI=1S/C10H19NO2/c1-8(2)11(7-10(12)13)6-5-9-3-4-9/h8-9H,3-7H2,1-2H3,(H,12,13). The second-order valence-corrected chi connectivity index (χ2v) is 4.19. The molecule has 0 aromatic carbocycles. The lowest BCUT2D eigenvalue weighted by atomic mass is 10.2. The molecule has 0 aromatic rings. The minimum atomic E-state index is -0.718. The fraction of sp³-hybridized carbons (Fsp3) is 0.900. The Kier molecular flexibility index (Phi) is 3.72. The van der Waals surface area contributed by atoms with Crippen molar-refractivity contribution in [3.8, 4) is 0 Å². The Hall–Kier alpha value is -0.570. The van der Waals surface area contributed by atoms with Gasteiger partial charge in [-0.3, -0.25) is 9.69 Å². The van der Waals surface area contributed by atoms with Gasteiger partial charge in [-0.2, -0.15) is 0 Å². The molecule has 1 aliphatic carbocycles. The molecule has 76 valence electrons. The van der Waals surface area contributed by atoms with Crippen LogP contribution in [0.4, 0.5) is 0 Å². The van der Waals surface area contributed by atoms with E-state index in [0.29, 0.717) is 6.04 Å². The van der Waals surface area contributed by atoms with E-state index in [0.717, 1.165) is 12.5 Å². The van der Waals surface area contributed by atoms with Crippen LogP contribution >= 0.6 is 0 Å². The van der Waals surface area contributed by atoms with Crippen LogP contribution in [0, 0.1) is 5.92 Å². The molecule has 0 aromatic heterocycles. The van der Waals surface area contributed by atoms with Crippen molar-refractivity contribution in [3.63, 3.8) is 0 Å². The van der Waals surface area contributed by atoms with E-state index in [1.807, 2.05) is 4.90 Å². The molecule has 3 nitrogen and oxygen atoms in total. The molecule has 13 heavy (non-hydrogen) atoms. The van der Waals surface area contributed by atoms with Crippen LogP contribution in [0.3, 0.4) is 0 Å². The maximum Gasteiger partial charge on any atom is 0.317 e. The molecule has 1 rings (SSSR count). The van der Waals surface area contributed by atoms with Gasteiger partial charge in [0, 0.05) is 6.04 Å². The molecule has 1 saturated carbocycles. The van der Waals surface area contributed by atoms with Crippen LogP contribution in [0.5, 0.6) is 0 Å². The summed E-state index contributed by atoms with van der Waals surface area (Å²) in [5, 5.41) is 8.67. The maximum absolute atomic E-state index is 10.5. The van der Waals surface area contributed by atoms with Gasteiger partial charge in [0.05, 0.1) is 6.54 Å². The third-order valence-electron chi connectivity index (χ3n) is 2.59. The number of hydrogen-bond donors (Lipinski definition) is 1. The van der Waals surface area contributed by atoms with Gasteiger partial charge in [-0.1, -0.05) is 12.8 Å². The molecule has 0 atom stereocenters. The van der Waals surface area contributed by atoms with Crippen molar-refractivity contribution in [2.24, 2.45) is 5.92 Å². The highest BCUT2D eigenvalue weighted by Crippen LogP contribution is 2.32. The Bertz CT molecular complexity index is 176. The molecule has 0 heterocycles. The van der Waals surface area contributed by atoms with Crippen molar-refractivity contribution in [1.82, 2.24) is 4.90 Å². The van der Waals surface area contributed by atoms with Crippen molar-refractivity contribution in [3.05, 3.63) is 0 Å². The Morgan fingerprint density at radius 3 is 2.54 bits per heavy atom. The summed E-state index contributed by atoms with van der Waals surface area (Å²) in [6, 6.07) is 0.342. The van der Waals surface area contributed by atoms with E-state index in [2.05, 4.69) is 13.8 Å². The van der Waals surface area contributed by atoms with Gasteiger partial charge in [0.2, 0.25) is 0 Å². The van der Waals surface area contributed by atoms with Crippen molar-refractivity contribution >= 4 is 5.97 Å². The molecule has 3 heteroatoms. The number of rotatable bonds is 6. The van der Waals surface area contributed by atoms with E-state index in [1.54, 1.807) is 0 Å². The van der Waals surface area contributed by atoms with Gasteiger partial charge in [-0.05, 0) is 32.7 Å². The van der Waals surface area contributed by atoms with Crippen LogP contribution in [0.15, 0.2) is 0 Å². The predicted molar refractivity (Wildman–Crippen MR) is 51.7 cm³/mol. The van der Waals surface area contributed by atoms with Gasteiger partial charge in [0.25, 0.3) is 0 Å². The molecule has 0 unspecified atom stereocenters. The first-order valence-corrected chi connectivity index (χ1v) is 5.05. The molecule has 0 radical (unpaired) electrons. The van der Waals surface area contributed by atoms with Gasteiger partial charge in [-0.25, -0.2) is 0 Å². The first kappa shape index (κ1) is 10.5. The molecule has 1 fully saturated rings. The lowest BCUT2D eigenvalue weighted by molar-refractivity contribution is -0.138. The second kappa shape index (κ2) is 4.61. The summed E-state index contributed by atoms with van der Waals surface area (Å²) in [5.74, 6) is 0.166. The van der Waals surface area contributed by atoms with E-state index < -0.39 is 5.97 Å². The normalized spacial score (nSPS) is 16.9. The van der Waals surface area contributed by atoms with Crippen molar-refractivity contribution in [2.45, 2.75) is 39.2 Å². The molecular formula is C10H19NO2. The van der Waals surface area contributed by atoms with Crippen LogP contribution in [0.1, 0.15) is 33.1 Å². The largest absolute Gasteiger partial charge is 0.480 e. The summed E-state index contributed by atoms with van der Waals surface area (Å²) in [6.45, 7) is 5.23. The van der Waals surface area contributed by atoms with Crippen LogP contribution in [-0.4, -0.2) is 35.1 Å². The van der Waals surface area contributed by atoms with Gasteiger partial charge in [0.1, 0.15) is 0 Å². The van der Waals surface area contributed by atoms with Gasteiger partial charge < -0.3 is 5.11 Å². The van der Waals surface area contributed by atoms with Gasteiger partial charge >= 0.3 is 5.97 Å². The number of carboxylic acid groups (broad SMARTS) is 1. The summed E-state index contributed by atoms with van der Waals surface area (Å²) < 4.78 is 0. The van der Waals surface area contributed by atoms with Crippen LogP contribution in [0.2, 0.25) is 0 Å². The van der Waals surface area contributed by atoms with Crippen molar-refractivity contribution in [2.75, 3.05) is 13.1 Å². The van der Waals surface area contributed by atoms with Crippen LogP contribution in [0.25, 0.3) is 0 Å². The predicted octanol–water partition coefficient (Wildman–Crippen LogP) is 1.58.